The minimum absolute atomic E-state index is 0.0402. The number of ketones is 1. The number of hydrogen-bond acceptors (Lipinski definition) is 5. The van der Waals surface area contributed by atoms with Gasteiger partial charge < -0.3 is 30.8 Å². The number of fused-ring (bicyclic) bond motifs is 1. The fraction of sp³-hybridized carbons (Fsp3) is 0.333. The number of aliphatic hydroxyl groups is 1. The lowest BCUT2D eigenvalue weighted by Crippen LogP contribution is -2.46. The molecular formula is C18H20N4O6. The Morgan fingerprint density at radius 2 is 2.14 bits per heavy atom. The van der Waals surface area contributed by atoms with E-state index in [4.69, 9.17) is 10.3 Å². The molecule has 0 aliphatic rings. The third-order valence-corrected chi connectivity index (χ3v) is 4.19. The molecule has 0 aliphatic carbocycles. The smallest absolute Gasteiger partial charge is 0.326 e. The first-order valence-electron chi connectivity index (χ1n) is 8.41. The minimum atomic E-state index is -1.48. The van der Waals surface area contributed by atoms with Crippen molar-refractivity contribution in [3.8, 4) is 5.75 Å². The van der Waals surface area contributed by atoms with E-state index in [-0.39, 0.29) is 19.3 Å². The highest BCUT2D eigenvalue weighted by Gasteiger charge is 2.25. The van der Waals surface area contributed by atoms with Crippen molar-refractivity contribution in [2.45, 2.75) is 31.4 Å². The summed E-state index contributed by atoms with van der Waals surface area (Å²) in [7, 11) is 1.53. The summed E-state index contributed by atoms with van der Waals surface area (Å²) in [6.45, 7) is 0. The van der Waals surface area contributed by atoms with Crippen LogP contribution in [0.5, 0.6) is 5.75 Å². The maximum Gasteiger partial charge on any atom is 0.326 e. The number of benzene rings is 1. The van der Waals surface area contributed by atoms with Crippen LogP contribution in [0.25, 0.3) is 16.4 Å². The van der Waals surface area contributed by atoms with E-state index in [1.807, 2.05) is 0 Å². The van der Waals surface area contributed by atoms with Gasteiger partial charge in [0.25, 0.3) is 0 Å². The number of Topliss-reactive ketones (excluding diaryl/α,β-unsaturated/α-hetero) is 1. The van der Waals surface area contributed by atoms with Crippen LogP contribution in [0.15, 0.2) is 24.4 Å². The molecule has 0 spiro atoms. The lowest BCUT2D eigenvalue weighted by molar-refractivity contribution is -0.143. The zero-order chi connectivity index (χ0) is 20.7. The van der Waals surface area contributed by atoms with Crippen LogP contribution in [0.2, 0.25) is 0 Å². The summed E-state index contributed by atoms with van der Waals surface area (Å²) in [5.41, 5.74) is 9.75. The fourth-order valence-corrected chi connectivity index (χ4v) is 2.70. The van der Waals surface area contributed by atoms with Gasteiger partial charge in [-0.25, -0.2) is 4.79 Å². The van der Waals surface area contributed by atoms with Crippen LogP contribution >= 0.6 is 0 Å². The largest absolute Gasteiger partial charge is 0.497 e. The van der Waals surface area contributed by atoms with E-state index in [2.05, 4.69) is 15.1 Å². The first-order valence-corrected chi connectivity index (χ1v) is 8.41. The third-order valence-electron chi connectivity index (χ3n) is 4.19. The first-order chi connectivity index (χ1) is 13.3. The molecular weight excluding hydrogens is 368 g/mol. The number of carbonyl (C=O) groups excluding carboxylic acids is 2. The Morgan fingerprint density at radius 3 is 2.79 bits per heavy atom. The number of ether oxygens (including phenoxy) is 1. The summed E-state index contributed by atoms with van der Waals surface area (Å²) in [5, 5.41) is 22.4. The Morgan fingerprint density at radius 1 is 1.39 bits per heavy atom. The van der Waals surface area contributed by atoms with E-state index in [1.165, 1.54) is 7.11 Å². The SMILES string of the molecule is COc1ccc2[nH]cc(CC(O)C(=O)NC(CCC(=O)C=[N+]=[N-])C(=O)O)c2c1. The molecule has 1 heterocycles. The zero-order valence-electron chi connectivity index (χ0n) is 15.1. The number of aliphatic carboxylic acids is 1. The quantitative estimate of drug-likeness (QED) is 0.259. The molecule has 1 aromatic heterocycles. The topological polar surface area (TPSA) is 165 Å². The molecule has 1 amide bonds. The number of aromatic nitrogens is 1. The monoisotopic (exact) mass is 388 g/mol. The summed E-state index contributed by atoms with van der Waals surface area (Å²) in [6, 6.07) is 3.98. The molecule has 0 fully saturated rings. The van der Waals surface area contributed by atoms with Gasteiger partial charge in [-0.2, -0.15) is 4.79 Å². The highest BCUT2D eigenvalue weighted by molar-refractivity contribution is 6.25. The Hall–Kier alpha value is -3.49. The molecule has 1 aromatic carbocycles. The summed E-state index contributed by atoms with van der Waals surface area (Å²) in [6.07, 6.45) is 0.342. The fourth-order valence-electron chi connectivity index (χ4n) is 2.70. The number of amides is 1. The van der Waals surface area contributed by atoms with Gasteiger partial charge in [-0.15, -0.1) is 0 Å². The molecule has 4 N–H and O–H groups in total. The first kappa shape index (κ1) is 20.8. The standard InChI is InChI=1S/C18H20N4O6/c1-28-12-3-5-14-13(7-12)10(8-20-14)6-16(24)17(25)22-15(18(26)27)4-2-11(23)9-21-19/h3,5,7-9,15-16,20,24H,2,4,6H2,1H3,(H,22,25)(H,26,27). The van der Waals surface area contributed by atoms with E-state index in [0.717, 1.165) is 10.9 Å². The molecule has 148 valence electrons. The van der Waals surface area contributed by atoms with Crippen LogP contribution < -0.4 is 10.1 Å². The van der Waals surface area contributed by atoms with Crippen LogP contribution in [0.1, 0.15) is 18.4 Å². The van der Waals surface area contributed by atoms with Crippen molar-refractivity contribution in [1.29, 1.82) is 0 Å². The Bertz CT molecular complexity index is 931. The van der Waals surface area contributed by atoms with Crippen LogP contribution in [0.3, 0.4) is 0 Å². The maximum atomic E-state index is 12.2. The average Bonchev–Trinajstić information content (AvgIpc) is 3.06. The van der Waals surface area contributed by atoms with E-state index in [9.17, 15) is 24.6 Å². The number of hydrogen-bond donors (Lipinski definition) is 4. The number of H-pyrrole nitrogens is 1. The van der Waals surface area contributed by atoms with Crippen molar-refractivity contribution in [1.82, 2.24) is 10.3 Å². The van der Waals surface area contributed by atoms with Gasteiger partial charge in [0, 0.05) is 29.9 Å². The number of aromatic amines is 1. The second kappa shape index (κ2) is 9.45. The zero-order valence-corrected chi connectivity index (χ0v) is 15.1. The number of carboxylic acids is 1. The van der Waals surface area contributed by atoms with E-state index in [1.54, 1.807) is 24.4 Å². The van der Waals surface area contributed by atoms with E-state index in [0.29, 0.717) is 17.5 Å². The van der Waals surface area contributed by atoms with Crippen molar-refractivity contribution < 1.29 is 34.1 Å². The molecule has 0 saturated heterocycles. The lowest BCUT2D eigenvalue weighted by Gasteiger charge is -2.16. The van der Waals surface area contributed by atoms with Crippen molar-refractivity contribution in [2.75, 3.05) is 7.11 Å². The predicted octanol–water partition coefficient (Wildman–Crippen LogP) is 0.299. The second-order valence-electron chi connectivity index (χ2n) is 6.09. The Kier molecular flexibility index (Phi) is 7.02. The molecule has 2 rings (SSSR count). The van der Waals surface area contributed by atoms with E-state index >= 15 is 0 Å². The third kappa shape index (κ3) is 5.26. The molecule has 0 bridgehead atoms. The number of nitrogens with one attached hydrogen (secondary N) is 2. The number of carbonyl (C=O) groups is 3. The minimum Gasteiger partial charge on any atom is -0.497 e. The molecule has 0 aliphatic heterocycles. The molecule has 2 aromatic rings. The normalized spacial score (nSPS) is 12.6. The molecule has 2 unspecified atom stereocenters. The molecule has 2 atom stereocenters. The summed E-state index contributed by atoms with van der Waals surface area (Å²) in [4.78, 5) is 40.4. The van der Waals surface area contributed by atoms with Gasteiger partial charge in [-0.05, 0) is 30.2 Å². The Balaban J connectivity index is 2.03. The van der Waals surface area contributed by atoms with Crippen molar-refractivity contribution >= 4 is 34.8 Å². The number of carboxylic acid groups (broad SMARTS) is 1. The van der Waals surface area contributed by atoms with Gasteiger partial charge in [0.05, 0.1) is 7.11 Å². The van der Waals surface area contributed by atoms with Crippen LogP contribution in [-0.4, -0.2) is 63.1 Å². The van der Waals surface area contributed by atoms with Crippen molar-refractivity contribution in [2.24, 2.45) is 0 Å². The molecule has 10 nitrogen and oxygen atoms in total. The van der Waals surface area contributed by atoms with Gasteiger partial charge in [-0.1, -0.05) is 0 Å². The van der Waals surface area contributed by atoms with Crippen LogP contribution in [0, 0.1) is 0 Å². The number of methoxy groups -OCH3 is 1. The van der Waals surface area contributed by atoms with Crippen molar-refractivity contribution in [3.63, 3.8) is 0 Å². The van der Waals surface area contributed by atoms with Crippen molar-refractivity contribution in [3.05, 3.63) is 35.5 Å². The number of rotatable bonds is 10. The highest BCUT2D eigenvalue weighted by Crippen LogP contribution is 2.24. The summed E-state index contributed by atoms with van der Waals surface area (Å²) in [5.74, 6) is -2.18. The lowest BCUT2D eigenvalue weighted by atomic mass is 10.0. The summed E-state index contributed by atoms with van der Waals surface area (Å²) < 4.78 is 5.17. The van der Waals surface area contributed by atoms with E-state index < -0.39 is 29.8 Å². The molecule has 0 saturated carbocycles. The second-order valence-corrected chi connectivity index (χ2v) is 6.09. The van der Waals surface area contributed by atoms with Crippen LogP contribution in [-0.2, 0) is 20.8 Å². The Labute approximate surface area is 159 Å². The van der Waals surface area contributed by atoms with Gasteiger partial charge in [0.15, 0.2) is 0 Å². The van der Waals surface area contributed by atoms with Gasteiger partial charge in [0.2, 0.25) is 11.7 Å². The molecule has 10 heteroatoms. The average molecular weight is 388 g/mol. The number of nitrogens with zero attached hydrogens (tertiary/aromatic N) is 2. The maximum absolute atomic E-state index is 12.2. The highest BCUT2D eigenvalue weighted by atomic mass is 16.5. The molecule has 28 heavy (non-hydrogen) atoms. The number of aliphatic hydroxyl groups excluding tert-OH is 1. The van der Waals surface area contributed by atoms with Crippen LogP contribution in [0.4, 0.5) is 0 Å². The van der Waals surface area contributed by atoms with Gasteiger partial charge in [0.1, 0.15) is 17.9 Å². The summed E-state index contributed by atoms with van der Waals surface area (Å²) >= 11 is 0. The predicted molar refractivity (Wildman–Crippen MR) is 98.1 cm³/mol. The van der Waals surface area contributed by atoms with Gasteiger partial charge in [-0.3, -0.25) is 9.59 Å². The molecule has 0 radical (unpaired) electrons. The van der Waals surface area contributed by atoms with Gasteiger partial charge >= 0.3 is 12.2 Å².